The zero-order chi connectivity index (χ0) is 13.9. The number of hydrogen-bond acceptors (Lipinski definition) is 4. The highest BCUT2D eigenvalue weighted by Gasteiger charge is 2.29. The van der Waals surface area contributed by atoms with Crippen LogP contribution in [0.4, 0.5) is 0 Å². The molecule has 1 aliphatic heterocycles. The zero-order valence-electron chi connectivity index (χ0n) is 10.5. The maximum absolute atomic E-state index is 12.1. The second-order valence-electron chi connectivity index (χ2n) is 4.60. The van der Waals surface area contributed by atoms with E-state index in [-0.39, 0.29) is 30.3 Å². The molecule has 0 amide bonds. The van der Waals surface area contributed by atoms with Gasteiger partial charge in [-0.05, 0) is 12.0 Å². The maximum Gasteiger partial charge on any atom is 0.214 e. The van der Waals surface area contributed by atoms with Gasteiger partial charge in [-0.2, -0.15) is 4.31 Å². The van der Waals surface area contributed by atoms with Gasteiger partial charge in [0, 0.05) is 13.1 Å². The Balaban J connectivity index is 1.96. The van der Waals surface area contributed by atoms with Gasteiger partial charge in [-0.15, -0.1) is 0 Å². The monoisotopic (exact) mass is 303 g/mol. The molecular weight excluding hydrogens is 286 g/mol. The summed E-state index contributed by atoms with van der Waals surface area (Å²) in [5, 5.41) is 0. The lowest BCUT2D eigenvalue weighted by atomic mass is 10.2. The molecule has 0 unspecified atom stereocenters. The molecule has 19 heavy (non-hydrogen) atoms. The van der Waals surface area contributed by atoms with Crippen LogP contribution in [0.2, 0.25) is 0 Å². The Morgan fingerprint density at radius 1 is 1.05 bits per heavy atom. The van der Waals surface area contributed by atoms with Gasteiger partial charge < -0.3 is 0 Å². The van der Waals surface area contributed by atoms with Crippen molar-refractivity contribution in [2.24, 2.45) is 0 Å². The number of aryl methyl sites for hydroxylation is 1. The smallest absolute Gasteiger partial charge is 0.214 e. The quantitative estimate of drug-likeness (QED) is 0.801. The topological polar surface area (TPSA) is 71.5 Å². The van der Waals surface area contributed by atoms with E-state index in [0.29, 0.717) is 6.42 Å². The van der Waals surface area contributed by atoms with Crippen LogP contribution < -0.4 is 0 Å². The fraction of sp³-hybridized carbons (Fsp3) is 0.500. The predicted octanol–water partition coefficient (Wildman–Crippen LogP) is 0.289. The molecule has 1 fully saturated rings. The zero-order valence-corrected chi connectivity index (χ0v) is 12.2. The van der Waals surface area contributed by atoms with Crippen molar-refractivity contribution in [1.29, 1.82) is 0 Å². The number of rotatable bonds is 4. The van der Waals surface area contributed by atoms with Crippen LogP contribution in [0.5, 0.6) is 0 Å². The van der Waals surface area contributed by atoms with E-state index in [1.165, 1.54) is 4.31 Å². The van der Waals surface area contributed by atoms with Gasteiger partial charge in [0.1, 0.15) is 0 Å². The summed E-state index contributed by atoms with van der Waals surface area (Å²) >= 11 is 0. The van der Waals surface area contributed by atoms with Crippen LogP contribution in [0, 0.1) is 0 Å². The molecule has 0 radical (unpaired) electrons. The predicted molar refractivity (Wildman–Crippen MR) is 74.2 cm³/mol. The molecule has 0 bridgehead atoms. The van der Waals surface area contributed by atoms with Gasteiger partial charge in [0.2, 0.25) is 10.0 Å². The average molecular weight is 303 g/mol. The van der Waals surface area contributed by atoms with Crippen LogP contribution in [0.1, 0.15) is 5.56 Å². The van der Waals surface area contributed by atoms with E-state index in [4.69, 9.17) is 0 Å². The van der Waals surface area contributed by atoms with Crippen molar-refractivity contribution < 1.29 is 16.8 Å². The normalized spacial score (nSPS) is 20.2. The van der Waals surface area contributed by atoms with Crippen molar-refractivity contribution in [2.45, 2.75) is 6.42 Å². The molecule has 1 heterocycles. The van der Waals surface area contributed by atoms with Gasteiger partial charge in [-0.1, -0.05) is 30.3 Å². The molecular formula is C12H17NO4S2. The molecule has 106 valence electrons. The lowest BCUT2D eigenvalue weighted by Gasteiger charge is -2.25. The van der Waals surface area contributed by atoms with E-state index in [1.54, 1.807) is 0 Å². The molecule has 5 nitrogen and oxygen atoms in total. The fourth-order valence-corrected chi connectivity index (χ4v) is 4.92. The molecule has 1 aromatic rings. The summed E-state index contributed by atoms with van der Waals surface area (Å²) in [6.07, 6.45) is 0.451. The van der Waals surface area contributed by atoms with Crippen molar-refractivity contribution in [1.82, 2.24) is 4.31 Å². The summed E-state index contributed by atoms with van der Waals surface area (Å²) in [6, 6.07) is 9.39. The van der Waals surface area contributed by atoms with Gasteiger partial charge in [0.15, 0.2) is 9.84 Å². The van der Waals surface area contributed by atoms with E-state index in [9.17, 15) is 16.8 Å². The SMILES string of the molecule is O=S1(=O)CCN(S(=O)(=O)CCc2ccccc2)CC1. The van der Waals surface area contributed by atoms with Crippen LogP contribution in [0.15, 0.2) is 30.3 Å². The molecule has 2 rings (SSSR count). The van der Waals surface area contributed by atoms with E-state index in [2.05, 4.69) is 0 Å². The Hall–Kier alpha value is -0.920. The first-order valence-electron chi connectivity index (χ1n) is 6.11. The molecule has 7 heteroatoms. The van der Waals surface area contributed by atoms with E-state index >= 15 is 0 Å². The Morgan fingerprint density at radius 2 is 1.63 bits per heavy atom. The van der Waals surface area contributed by atoms with Crippen LogP contribution >= 0.6 is 0 Å². The molecule has 0 spiro atoms. The number of hydrogen-bond donors (Lipinski definition) is 0. The van der Waals surface area contributed by atoms with Crippen LogP contribution in [0.25, 0.3) is 0 Å². The number of sulfone groups is 1. The fourth-order valence-electron chi connectivity index (χ4n) is 1.99. The summed E-state index contributed by atoms with van der Waals surface area (Å²) < 4.78 is 48.1. The number of nitrogens with zero attached hydrogens (tertiary/aromatic N) is 1. The van der Waals surface area contributed by atoms with Crippen molar-refractivity contribution >= 4 is 19.9 Å². The largest absolute Gasteiger partial charge is 0.229 e. The number of sulfonamides is 1. The third kappa shape index (κ3) is 4.02. The van der Waals surface area contributed by atoms with Gasteiger partial charge in [0.25, 0.3) is 0 Å². The first kappa shape index (κ1) is 14.5. The van der Waals surface area contributed by atoms with E-state index in [1.807, 2.05) is 30.3 Å². The molecule has 0 N–H and O–H groups in total. The first-order valence-corrected chi connectivity index (χ1v) is 9.54. The summed E-state index contributed by atoms with van der Waals surface area (Å²) in [7, 11) is -6.41. The summed E-state index contributed by atoms with van der Waals surface area (Å²) in [5.74, 6) is -0.119. The molecule has 1 saturated heterocycles. The lowest BCUT2D eigenvalue weighted by molar-refractivity contribution is 0.430. The Labute approximate surface area is 114 Å². The highest BCUT2D eigenvalue weighted by molar-refractivity contribution is 7.92. The average Bonchev–Trinajstić information content (AvgIpc) is 2.37. The van der Waals surface area contributed by atoms with Crippen molar-refractivity contribution in [3.05, 3.63) is 35.9 Å². The van der Waals surface area contributed by atoms with Gasteiger partial charge in [0.05, 0.1) is 17.3 Å². The van der Waals surface area contributed by atoms with E-state index < -0.39 is 19.9 Å². The third-order valence-corrected chi connectivity index (χ3v) is 6.67. The lowest BCUT2D eigenvalue weighted by Crippen LogP contribution is -2.44. The summed E-state index contributed by atoms with van der Waals surface area (Å²) in [5.41, 5.74) is 0.968. The van der Waals surface area contributed by atoms with Crippen LogP contribution in [-0.2, 0) is 26.3 Å². The molecule has 0 atom stereocenters. The Bertz CT molecular complexity index is 609. The van der Waals surface area contributed by atoms with Gasteiger partial charge >= 0.3 is 0 Å². The van der Waals surface area contributed by atoms with Crippen molar-refractivity contribution in [2.75, 3.05) is 30.3 Å². The van der Waals surface area contributed by atoms with Gasteiger partial charge in [-0.3, -0.25) is 0 Å². The molecule has 1 aromatic carbocycles. The van der Waals surface area contributed by atoms with Crippen molar-refractivity contribution in [3.8, 4) is 0 Å². The molecule has 0 aromatic heterocycles. The first-order chi connectivity index (χ1) is 8.89. The minimum Gasteiger partial charge on any atom is -0.229 e. The third-order valence-electron chi connectivity index (χ3n) is 3.19. The van der Waals surface area contributed by atoms with Gasteiger partial charge in [-0.25, -0.2) is 16.8 Å². The highest BCUT2D eigenvalue weighted by Crippen LogP contribution is 2.11. The standard InChI is InChI=1S/C12H17NO4S2/c14-18(15)10-7-13(8-11-18)19(16,17)9-6-12-4-2-1-3-5-12/h1-5H,6-11H2. The number of benzene rings is 1. The minimum atomic E-state index is -3.36. The minimum absolute atomic E-state index is 0.0249. The maximum atomic E-state index is 12.1. The summed E-state index contributed by atoms with van der Waals surface area (Å²) in [4.78, 5) is 0. The molecule has 0 aliphatic carbocycles. The second-order valence-corrected chi connectivity index (χ2v) is 8.99. The molecule has 0 saturated carbocycles. The Morgan fingerprint density at radius 3 is 2.21 bits per heavy atom. The van der Waals surface area contributed by atoms with Crippen LogP contribution in [0.3, 0.4) is 0 Å². The molecule has 1 aliphatic rings. The second kappa shape index (κ2) is 5.60. The highest BCUT2D eigenvalue weighted by atomic mass is 32.2. The van der Waals surface area contributed by atoms with E-state index in [0.717, 1.165) is 5.56 Å². The van der Waals surface area contributed by atoms with Crippen molar-refractivity contribution in [3.63, 3.8) is 0 Å². The summed E-state index contributed by atoms with van der Waals surface area (Å²) in [6.45, 7) is 0.166. The van der Waals surface area contributed by atoms with Crippen LogP contribution in [-0.4, -0.2) is 51.5 Å². The Kier molecular flexibility index (Phi) is 4.27.